The van der Waals surface area contributed by atoms with Gasteiger partial charge >= 0.3 is 0 Å². The van der Waals surface area contributed by atoms with E-state index in [1.807, 2.05) is 7.05 Å². The molecule has 0 atom stereocenters. The van der Waals surface area contributed by atoms with Gasteiger partial charge in [0.15, 0.2) is 5.96 Å². The van der Waals surface area contributed by atoms with E-state index in [-0.39, 0.29) is 24.0 Å². The zero-order valence-corrected chi connectivity index (χ0v) is 18.8. The van der Waals surface area contributed by atoms with E-state index in [1.54, 1.807) is 7.11 Å². The third-order valence-corrected chi connectivity index (χ3v) is 5.95. The molecule has 0 aromatic carbocycles. The zero-order chi connectivity index (χ0) is 17.3. The lowest BCUT2D eigenvalue weighted by Crippen LogP contribution is -2.46. The largest absolute Gasteiger partial charge is 0.385 e. The van der Waals surface area contributed by atoms with Crippen molar-refractivity contribution in [3.8, 4) is 0 Å². The second-order valence-electron chi connectivity index (χ2n) is 7.83. The molecule has 1 saturated heterocycles. The van der Waals surface area contributed by atoms with E-state index < -0.39 is 0 Å². The molecule has 0 amide bonds. The number of rotatable bonds is 8. The smallest absolute Gasteiger partial charge is 0.191 e. The molecule has 0 unspecified atom stereocenters. The van der Waals surface area contributed by atoms with E-state index >= 15 is 0 Å². The van der Waals surface area contributed by atoms with Gasteiger partial charge in [-0.05, 0) is 56.5 Å². The third kappa shape index (κ3) is 7.99. The lowest BCUT2D eigenvalue weighted by atomic mass is 9.83. The molecule has 2 aliphatic rings. The average Bonchev–Trinajstić information content (AvgIpc) is 3.07. The maximum absolute atomic E-state index is 5.32. The van der Waals surface area contributed by atoms with Gasteiger partial charge in [-0.3, -0.25) is 4.99 Å². The molecule has 2 rings (SSSR count). The number of piperidine rings is 1. The number of aliphatic imine (C=N–C) groups is 1. The number of likely N-dealkylation sites (tertiary alicyclic amines) is 1. The first kappa shape index (κ1) is 23.0. The van der Waals surface area contributed by atoms with Crippen LogP contribution in [0.3, 0.4) is 0 Å². The van der Waals surface area contributed by atoms with Gasteiger partial charge in [0.05, 0.1) is 0 Å². The molecule has 0 bridgehead atoms. The van der Waals surface area contributed by atoms with Crippen LogP contribution in [0.15, 0.2) is 4.99 Å². The van der Waals surface area contributed by atoms with E-state index in [9.17, 15) is 0 Å². The number of nitrogens with zero attached hydrogens (tertiary/aromatic N) is 2. The fraction of sp³-hybridized carbons (Fsp3) is 0.947. The number of halogens is 1. The molecule has 0 spiro atoms. The lowest BCUT2D eigenvalue weighted by molar-refractivity contribution is 0.138. The van der Waals surface area contributed by atoms with Crippen LogP contribution in [-0.4, -0.2) is 64.3 Å². The van der Waals surface area contributed by atoms with Crippen molar-refractivity contribution in [1.82, 2.24) is 15.5 Å². The van der Waals surface area contributed by atoms with Crippen molar-refractivity contribution >= 4 is 29.9 Å². The summed E-state index contributed by atoms with van der Waals surface area (Å²) >= 11 is 0. The second kappa shape index (κ2) is 12.3. The van der Waals surface area contributed by atoms with Gasteiger partial charge in [0, 0.05) is 40.4 Å². The standard InChI is InChI=1S/C19H38N4O.HI/c1-17-6-12-23(13-7-17)14-11-21-18(20-2)22-16-19(10-15-24-3)8-4-5-9-19;/h17H,4-16H2,1-3H3,(H2,20,21,22);1H. The molecule has 2 fully saturated rings. The summed E-state index contributed by atoms with van der Waals surface area (Å²) in [7, 11) is 3.67. The molecule has 6 heteroatoms. The molecule has 0 aromatic rings. The molecule has 0 radical (unpaired) electrons. The van der Waals surface area contributed by atoms with Gasteiger partial charge in [-0.25, -0.2) is 0 Å². The summed E-state index contributed by atoms with van der Waals surface area (Å²) in [5.41, 5.74) is 0.399. The Balaban J connectivity index is 0.00000312. The molecule has 1 aliphatic carbocycles. The Hall–Kier alpha value is -0.0800. The van der Waals surface area contributed by atoms with Crippen molar-refractivity contribution in [2.45, 2.75) is 51.9 Å². The Bertz CT molecular complexity index is 378. The molecule has 25 heavy (non-hydrogen) atoms. The average molecular weight is 466 g/mol. The van der Waals surface area contributed by atoms with Crippen LogP contribution >= 0.6 is 24.0 Å². The monoisotopic (exact) mass is 466 g/mol. The summed E-state index contributed by atoms with van der Waals surface area (Å²) in [6, 6.07) is 0. The van der Waals surface area contributed by atoms with Crippen molar-refractivity contribution in [2.24, 2.45) is 16.3 Å². The molecule has 2 N–H and O–H groups in total. The van der Waals surface area contributed by atoms with Crippen LogP contribution in [0.25, 0.3) is 0 Å². The molecule has 1 aliphatic heterocycles. The van der Waals surface area contributed by atoms with Gasteiger partial charge in [0.2, 0.25) is 0 Å². The first-order chi connectivity index (χ1) is 11.7. The minimum absolute atomic E-state index is 0. The molecular formula is C19H39IN4O. The van der Waals surface area contributed by atoms with Gasteiger partial charge in [-0.15, -0.1) is 24.0 Å². The van der Waals surface area contributed by atoms with Crippen LogP contribution in [0.5, 0.6) is 0 Å². The number of methoxy groups -OCH3 is 1. The van der Waals surface area contributed by atoms with E-state index in [0.29, 0.717) is 5.41 Å². The Morgan fingerprint density at radius 1 is 1.20 bits per heavy atom. The molecule has 1 saturated carbocycles. The summed E-state index contributed by atoms with van der Waals surface area (Å²) in [5, 5.41) is 7.06. The van der Waals surface area contributed by atoms with E-state index in [2.05, 4.69) is 27.4 Å². The maximum Gasteiger partial charge on any atom is 0.191 e. The Morgan fingerprint density at radius 3 is 2.48 bits per heavy atom. The van der Waals surface area contributed by atoms with Crippen LogP contribution < -0.4 is 10.6 Å². The van der Waals surface area contributed by atoms with E-state index in [1.165, 1.54) is 51.6 Å². The highest BCUT2D eigenvalue weighted by Crippen LogP contribution is 2.40. The predicted octanol–water partition coefficient (Wildman–Crippen LogP) is 3.10. The molecule has 148 valence electrons. The first-order valence-corrected chi connectivity index (χ1v) is 9.83. The first-order valence-electron chi connectivity index (χ1n) is 9.83. The van der Waals surface area contributed by atoms with Gasteiger partial charge in [0.25, 0.3) is 0 Å². The highest BCUT2D eigenvalue weighted by Gasteiger charge is 2.33. The number of nitrogens with one attached hydrogen (secondary N) is 2. The number of guanidine groups is 1. The number of ether oxygens (including phenoxy) is 1. The predicted molar refractivity (Wildman–Crippen MR) is 117 cm³/mol. The molecule has 5 nitrogen and oxygen atoms in total. The normalized spacial score (nSPS) is 21.8. The van der Waals surface area contributed by atoms with Crippen molar-refractivity contribution < 1.29 is 4.74 Å². The fourth-order valence-corrected chi connectivity index (χ4v) is 4.07. The molecular weight excluding hydrogens is 427 g/mol. The van der Waals surface area contributed by atoms with Crippen LogP contribution in [0.1, 0.15) is 51.9 Å². The van der Waals surface area contributed by atoms with Crippen LogP contribution in [-0.2, 0) is 4.74 Å². The van der Waals surface area contributed by atoms with Crippen molar-refractivity contribution in [3.05, 3.63) is 0 Å². The highest BCUT2D eigenvalue weighted by atomic mass is 127. The van der Waals surface area contributed by atoms with Gasteiger partial charge in [0.1, 0.15) is 0 Å². The number of hydrogen-bond donors (Lipinski definition) is 2. The third-order valence-electron chi connectivity index (χ3n) is 5.95. The van der Waals surface area contributed by atoms with E-state index in [0.717, 1.165) is 44.5 Å². The van der Waals surface area contributed by atoms with Crippen LogP contribution in [0.2, 0.25) is 0 Å². The molecule has 0 aromatic heterocycles. The number of hydrogen-bond acceptors (Lipinski definition) is 3. The Morgan fingerprint density at radius 2 is 1.88 bits per heavy atom. The van der Waals surface area contributed by atoms with Gasteiger partial charge < -0.3 is 20.3 Å². The quantitative estimate of drug-likeness (QED) is 0.328. The summed E-state index contributed by atoms with van der Waals surface area (Å²) in [6.45, 7) is 8.81. The Labute approximate surface area is 171 Å². The summed E-state index contributed by atoms with van der Waals surface area (Å²) in [6.07, 6.45) is 9.16. The molecule has 1 heterocycles. The minimum Gasteiger partial charge on any atom is -0.385 e. The summed E-state index contributed by atoms with van der Waals surface area (Å²) in [4.78, 5) is 6.97. The van der Waals surface area contributed by atoms with Gasteiger partial charge in [-0.2, -0.15) is 0 Å². The summed E-state index contributed by atoms with van der Waals surface area (Å²) in [5.74, 6) is 1.85. The van der Waals surface area contributed by atoms with Crippen LogP contribution in [0.4, 0.5) is 0 Å². The van der Waals surface area contributed by atoms with Crippen molar-refractivity contribution in [2.75, 3.05) is 53.5 Å². The van der Waals surface area contributed by atoms with Gasteiger partial charge in [-0.1, -0.05) is 19.8 Å². The SMILES string of the molecule is CN=C(NCCN1CCC(C)CC1)NCC1(CCOC)CCCC1.I. The van der Waals surface area contributed by atoms with Crippen LogP contribution in [0, 0.1) is 11.3 Å². The minimum atomic E-state index is 0. The Kier molecular flexibility index (Phi) is 11.3. The second-order valence-corrected chi connectivity index (χ2v) is 7.83. The van der Waals surface area contributed by atoms with Crippen molar-refractivity contribution in [3.63, 3.8) is 0 Å². The van der Waals surface area contributed by atoms with Crippen molar-refractivity contribution in [1.29, 1.82) is 0 Å². The fourth-order valence-electron chi connectivity index (χ4n) is 4.07. The topological polar surface area (TPSA) is 48.9 Å². The highest BCUT2D eigenvalue weighted by molar-refractivity contribution is 14.0. The zero-order valence-electron chi connectivity index (χ0n) is 16.5. The summed E-state index contributed by atoms with van der Waals surface area (Å²) < 4.78 is 5.32. The lowest BCUT2D eigenvalue weighted by Gasteiger charge is -2.31. The maximum atomic E-state index is 5.32. The van der Waals surface area contributed by atoms with E-state index in [4.69, 9.17) is 4.74 Å².